The molecule has 0 radical (unpaired) electrons. The normalized spacial score (nSPS) is 19.1. The molecular formula is C23H28N2O3. The molecule has 2 aliphatic heterocycles. The van der Waals surface area contributed by atoms with E-state index in [0.717, 1.165) is 55.6 Å². The van der Waals surface area contributed by atoms with Gasteiger partial charge >= 0.3 is 0 Å². The summed E-state index contributed by atoms with van der Waals surface area (Å²) in [6, 6.07) is 13.0. The molecule has 1 saturated heterocycles. The van der Waals surface area contributed by atoms with E-state index in [9.17, 15) is 10.1 Å². The topological polar surface area (TPSA) is 55.6 Å². The fourth-order valence-electron chi connectivity index (χ4n) is 4.41. The van der Waals surface area contributed by atoms with E-state index in [1.165, 1.54) is 5.56 Å². The number of likely N-dealkylation sites (tertiary alicyclic amines) is 1. The maximum absolute atomic E-state index is 10.8. The predicted octanol–water partition coefficient (Wildman–Crippen LogP) is 5.22. The summed E-state index contributed by atoms with van der Waals surface area (Å²) >= 11 is 0. The van der Waals surface area contributed by atoms with Gasteiger partial charge in [-0.1, -0.05) is 6.07 Å². The summed E-state index contributed by atoms with van der Waals surface area (Å²) in [5.41, 5.74) is 3.62. The minimum absolute atomic E-state index is 0.0242. The average molecular weight is 380 g/mol. The number of hydrogen-bond acceptors (Lipinski definition) is 4. The largest absolute Gasteiger partial charge is 0.487 e. The molecule has 0 bridgehead atoms. The van der Waals surface area contributed by atoms with E-state index in [1.54, 1.807) is 12.1 Å². The lowest BCUT2D eigenvalue weighted by Gasteiger charge is -2.48. The standard InChI is InChI=1S/C23H28N2O3/c1-22(2,3)24-14-12-23(13-15-24)11-10-19-16-18(6-9-21(19)28-23)17-4-7-20(8-5-17)25(26)27/h4-9,16H,10-15H2,1-3H3. The SMILES string of the molecule is CC(C)(C)N1CCC2(CCc3cc(-c4ccc([N+](=O)[O-])cc4)ccc3O2)CC1. The quantitative estimate of drug-likeness (QED) is 0.529. The van der Waals surface area contributed by atoms with Crippen molar-refractivity contribution < 1.29 is 9.66 Å². The highest BCUT2D eigenvalue weighted by atomic mass is 16.6. The number of rotatable bonds is 2. The molecule has 5 nitrogen and oxygen atoms in total. The van der Waals surface area contributed by atoms with Crippen LogP contribution in [0.4, 0.5) is 5.69 Å². The lowest BCUT2D eigenvalue weighted by molar-refractivity contribution is -0.384. The molecule has 2 aromatic carbocycles. The van der Waals surface area contributed by atoms with E-state index in [-0.39, 0.29) is 21.8 Å². The third-order valence-corrected chi connectivity index (χ3v) is 6.27. The Hall–Kier alpha value is -2.40. The number of non-ortho nitro benzene ring substituents is 1. The summed E-state index contributed by atoms with van der Waals surface area (Å²) in [7, 11) is 0. The molecule has 148 valence electrons. The zero-order valence-corrected chi connectivity index (χ0v) is 16.9. The molecule has 0 N–H and O–H groups in total. The molecule has 1 spiro atoms. The van der Waals surface area contributed by atoms with Gasteiger partial charge in [-0.25, -0.2) is 0 Å². The minimum Gasteiger partial charge on any atom is -0.487 e. The highest BCUT2D eigenvalue weighted by molar-refractivity contribution is 5.67. The van der Waals surface area contributed by atoms with Crippen molar-refractivity contribution >= 4 is 5.69 Å². The van der Waals surface area contributed by atoms with E-state index in [4.69, 9.17) is 4.74 Å². The van der Waals surface area contributed by atoms with Crippen LogP contribution >= 0.6 is 0 Å². The van der Waals surface area contributed by atoms with Crippen LogP contribution in [0.15, 0.2) is 42.5 Å². The van der Waals surface area contributed by atoms with Gasteiger partial charge < -0.3 is 4.74 Å². The Labute approximate surface area is 166 Å². The molecule has 0 saturated carbocycles. The van der Waals surface area contributed by atoms with Crippen molar-refractivity contribution in [1.82, 2.24) is 4.90 Å². The van der Waals surface area contributed by atoms with Crippen molar-refractivity contribution in [2.75, 3.05) is 13.1 Å². The van der Waals surface area contributed by atoms with E-state index in [1.807, 2.05) is 12.1 Å². The van der Waals surface area contributed by atoms with Gasteiger partial charge in [-0.2, -0.15) is 0 Å². The number of nitro benzene ring substituents is 1. The van der Waals surface area contributed by atoms with Gasteiger partial charge in [0.2, 0.25) is 0 Å². The number of piperidine rings is 1. The molecule has 0 atom stereocenters. The minimum atomic E-state index is -0.366. The van der Waals surface area contributed by atoms with Crippen LogP contribution in [0.2, 0.25) is 0 Å². The Balaban J connectivity index is 1.50. The van der Waals surface area contributed by atoms with Crippen LogP contribution in [0, 0.1) is 10.1 Å². The van der Waals surface area contributed by atoms with E-state index < -0.39 is 0 Å². The van der Waals surface area contributed by atoms with E-state index >= 15 is 0 Å². The van der Waals surface area contributed by atoms with Gasteiger partial charge in [-0.3, -0.25) is 15.0 Å². The monoisotopic (exact) mass is 380 g/mol. The first-order valence-corrected chi connectivity index (χ1v) is 10.1. The Morgan fingerprint density at radius 2 is 1.64 bits per heavy atom. The number of hydrogen-bond donors (Lipinski definition) is 0. The summed E-state index contributed by atoms with van der Waals surface area (Å²) in [5.74, 6) is 1.00. The highest BCUT2D eigenvalue weighted by Crippen LogP contribution is 2.41. The molecule has 28 heavy (non-hydrogen) atoms. The second-order valence-electron chi connectivity index (χ2n) is 9.07. The zero-order valence-electron chi connectivity index (χ0n) is 16.9. The third kappa shape index (κ3) is 3.63. The molecule has 0 aromatic heterocycles. The van der Waals surface area contributed by atoms with Gasteiger partial charge in [0.15, 0.2) is 0 Å². The molecule has 2 aromatic rings. The van der Waals surface area contributed by atoms with Gasteiger partial charge in [0, 0.05) is 30.8 Å². The number of ether oxygens (including phenoxy) is 1. The van der Waals surface area contributed by atoms with Crippen LogP contribution in [0.25, 0.3) is 11.1 Å². The van der Waals surface area contributed by atoms with Crippen molar-refractivity contribution in [3.63, 3.8) is 0 Å². The van der Waals surface area contributed by atoms with Gasteiger partial charge in [0.05, 0.1) is 4.92 Å². The Morgan fingerprint density at radius 1 is 1.00 bits per heavy atom. The van der Waals surface area contributed by atoms with Crippen molar-refractivity contribution in [3.05, 3.63) is 58.1 Å². The summed E-state index contributed by atoms with van der Waals surface area (Å²) in [5, 5.41) is 10.8. The lowest BCUT2D eigenvalue weighted by atomic mass is 9.81. The molecule has 5 heteroatoms. The first-order chi connectivity index (χ1) is 13.3. The number of nitro groups is 1. The molecule has 0 unspecified atom stereocenters. The van der Waals surface area contributed by atoms with Crippen molar-refractivity contribution in [2.24, 2.45) is 0 Å². The molecular weight excluding hydrogens is 352 g/mol. The van der Waals surface area contributed by atoms with Crippen LogP contribution in [0.5, 0.6) is 5.75 Å². The number of nitrogens with zero attached hydrogens (tertiary/aromatic N) is 2. The summed E-state index contributed by atoms with van der Waals surface area (Å²) in [6.07, 6.45) is 4.23. The maximum Gasteiger partial charge on any atom is 0.269 e. The van der Waals surface area contributed by atoms with Crippen LogP contribution in [0.3, 0.4) is 0 Å². The van der Waals surface area contributed by atoms with Crippen LogP contribution in [-0.2, 0) is 6.42 Å². The first kappa shape index (κ1) is 18.9. The summed E-state index contributed by atoms with van der Waals surface area (Å²) in [6.45, 7) is 9.00. The van der Waals surface area contributed by atoms with E-state index in [2.05, 4.69) is 43.9 Å². The van der Waals surface area contributed by atoms with Gasteiger partial charge in [0.25, 0.3) is 5.69 Å². The Bertz CT molecular complexity index is 876. The van der Waals surface area contributed by atoms with Crippen LogP contribution in [-0.4, -0.2) is 34.1 Å². The second-order valence-corrected chi connectivity index (χ2v) is 9.07. The van der Waals surface area contributed by atoms with Gasteiger partial charge in [-0.05, 0) is 87.4 Å². The maximum atomic E-state index is 10.8. The van der Waals surface area contributed by atoms with E-state index in [0.29, 0.717) is 0 Å². The number of fused-ring (bicyclic) bond motifs is 1. The Morgan fingerprint density at radius 3 is 2.25 bits per heavy atom. The molecule has 2 aliphatic rings. The number of benzene rings is 2. The highest BCUT2D eigenvalue weighted by Gasteiger charge is 2.41. The first-order valence-electron chi connectivity index (χ1n) is 10.1. The molecule has 4 rings (SSSR count). The summed E-state index contributed by atoms with van der Waals surface area (Å²) in [4.78, 5) is 13.0. The zero-order chi connectivity index (χ0) is 19.9. The Kier molecular flexibility index (Phi) is 4.66. The lowest BCUT2D eigenvalue weighted by Crippen LogP contribution is -2.54. The van der Waals surface area contributed by atoms with Gasteiger partial charge in [-0.15, -0.1) is 0 Å². The van der Waals surface area contributed by atoms with Gasteiger partial charge in [0.1, 0.15) is 11.4 Å². The van der Waals surface area contributed by atoms with Crippen molar-refractivity contribution in [2.45, 2.75) is 57.6 Å². The van der Waals surface area contributed by atoms with Crippen LogP contribution in [0.1, 0.15) is 45.6 Å². The third-order valence-electron chi connectivity index (χ3n) is 6.27. The predicted molar refractivity (Wildman–Crippen MR) is 111 cm³/mol. The summed E-state index contributed by atoms with van der Waals surface area (Å²) < 4.78 is 6.55. The smallest absolute Gasteiger partial charge is 0.269 e. The molecule has 1 fully saturated rings. The fourth-order valence-corrected chi connectivity index (χ4v) is 4.41. The molecule has 0 amide bonds. The van der Waals surface area contributed by atoms with Crippen LogP contribution < -0.4 is 4.74 Å². The average Bonchev–Trinajstić information content (AvgIpc) is 2.67. The van der Waals surface area contributed by atoms with Crippen molar-refractivity contribution in [1.29, 1.82) is 0 Å². The molecule has 0 aliphatic carbocycles. The fraction of sp³-hybridized carbons (Fsp3) is 0.478. The number of aryl methyl sites for hydroxylation is 1. The second kappa shape index (κ2) is 6.89. The van der Waals surface area contributed by atoms with Crippen molar-refractivity contribution in [3.8, 4) is 16.9 Å². The molecule has 2 heterocycles.